The van der Waals surface area contributed by atoms with Crippen LogP contribution in [0.5, 0.6) is 0 Å². The van der Waals surface area contributed by atoms with Crippen LogP contribution in [0.2, 0.25) is 0 Å². The van der Waals surface area contributed by atoms with E-state index >= 15 is 0 Å². The average Bonchev–Trinajstić information content (AvgIpc) is 2.04. The SMILES string of the molecule is CC(=CCl)CN(C)C(C)CC#N. The van der Waals surface area contributed by atoms with Crippen molar-refractivity contribution in [3.8, 4) is 6.07 Å². The molecule has 3 heteroatoms. The van der Waals surface area contributed by atoms with Gasteiger partial charge in [0.1, 0.15) is 0 Å². The van der Waals surface area contributed by atoms with Crippen LogP contribution >= 0.6 is 11.6 Å². The van der Waals surface area contributed by atoms with Gasteiger partial charge in [0.05, 0.1) is 12.5 Å². The van der Waals surface area contributed by atoms with E-state index in [4.69, 9.17) is 16.9 Å². The van der Waals surface area contributed by atoms with E-state index < -0.39 is 0 Å². The number of rotatable bonds is 4. The average molecular weight is 187 g/mol. The number of nitriles is 1. The first kappa shape index (κ1) is 11.5. The molecule has 0 spiro atoms. The fraction of sp³-hybridized carbons (Fsp3) is 0.667. The van der Waals surface area contributed by atoms with E-state index in [0.717, 1.165) is 12.1 Å². The highest BCUT2D eigenvalue weighted by molar-refractivity contribution is 6.25. The van der Waals surface area contributed by atoms with E-state index in [9.17, 15) is 0 Å². The van der Waals surface area contributed by atoms with Crippen LogP contribution in [0.15, 0.2) is 11.1 Å². The van der Waals surface area contributed by atoms with Gasteiger partial charge in [0, 0.05) is 18.1 Å². The third-order valence-electron chi connectivity index (χ3n) is 1.82. The van der Waals surface area contributed by atoms with Crippen LogP contribution in [0.3, 0.4) is 0 Å². The minimum absolute atomic E-state index is 0.293. The largest absolute Gasteiger partial charge is 0.299 e. The van der Waals surface area contributed by atoms with Crippen LogP contribution in [-0.4, -0.2) is 24.5 Å². The number of hydrogen-bond acceptors (Lipinski definition) is 2. The van der Waals surface area contributed by atoms with Crippen molar-refractivity contribution in [2.24, 2.45) is 0 Å². The predicted octanol–water partition coefficient (Wildman–Crippen LogP) is 2.36. The van der Waals surface area contributed by atoms with Crippen LogP contribution in [0, 0.1) is 11.3 Å². The van der Waals surface area contributed by atoms with E-state index in [1.165, 1.54) is 0 Å². The van der Waals surface area contributed by atoms with Gasteiger partial charge in [-0.3, -0.25) is 4.90 Å². The lowest BCUT2D eigenvalue weighted by molar-refractivity contribution is 0.282. The van der Waals surface area contributed by atoms with Gasteiger partial charge in [-0.25, -0.2) is 0 Å². The minimum atomic E-state index is 0.293. The molecule has 0 aliphatic carbocycles. The molecule has 0 amide bonds. The number of hydrogen-bond donors (Lipinski definition) is 0. The standard InChI is InChI=1S/C9H15ClN2/c1-8(6-10)7-12(3)9(2)4-5-11/h6,9H,4,7H2,1-3H3. The summed E-state index contributed by atoms with van der Waals surface area (Å²) in [5.74, 6) is 0. The van der Waals surface area contributed by atoms with E-state index in [-0.39, 0.29) is 0 Å². The number of nitrogens with zero attached hydrogens (tertiary/aromatic N) is 2. The Kier molecular flexibility index (Phi) is 5.79. The zero-order chi connectivity index (χ0) is 9.56. The second-order valence-electron chi connectivity index (χ2n) is 3.08. The summed E-state index contributed by atoms with van der Waals surface area (Å²) in [5, 5.41) is 8.46. The van der Waals surface area contributed by atoms with Crippen LogP contribution in [0.4, 0.5) is 0 Å². The van der Waals surface area contributed by atoms with Crippen LogP contribution in [0.1, 0.15) is 20.3 Å². The Morgan fingerprint density at radius 1 is 1.75 bits per heavy atom. The van der Waals surface area contributed by atoms with Crippen molar-refractivity contribution in [2.45, 2.75) is 26.3 Å². The Morgan fingerprint density at radius 3 is 2.75 bits per heavy atom. The van der Waals surface area contributed by atoms with Gasteiger partial charge in [0.15, 0.2) is 0 Å². The Hall–Kier alpha value is -0.520. The molecule has 0 radical (unpaired) electrons. The maximum Gasteiger partial charge on any atom is 0.0638 e. The summed E-state index contributed by atoms with van der Waals surface area (Å²) < 4.78 is 0. The lowest BCUT2D eigenvalue weighted by atomic mass is 10.2. The maximum absolute atomic E-state index is 8.46. The molecule has 0 aliphatic heterocycles. The van der Waals surface area contributed by atoms with Crippen molar-refractivity contribution in [2.75, 3.05) is 13.6 Å². The van der Waals surface area contributed by atoms with Gasteiger partial charge in [-0.05, 0) is 26.5 Å². The Labute approximate surface area is 79.4 Å². The molecule has 0 heterocycles. The smallest absolute Gasteiger partial charge is 0.0638 e. The lowest BCUT2D eigenvalue weighted by Gasteiger charge is -2.22. The molecule has 0 saturated heterocycles. The summed E-state index contributed by atoms with van der Waals surface area (Å²) in [7, 11) is 1.99. The van der Waals surface area contributed by atoms with Gasteiger partial charge in [0.25, 0.3) is 0 Å². The Morgan fingerprint density at radius 2 is 2.33 bits per heavy atom. The van der Waals surface area contributed by atoms with Gasteiger partial charge in [-0.2, -0.15) is 5.26 Å². The maximum atomic E-state index is 8.46. The first-order chi connectivity index (χ1) is 5.61. The van der Waals surface area contributed by atoms with Crippen molar-refractivity contribution in [3.63, 3.8) is 0 Å². The molecule has 12 heavy (non-hydrogen) atoms. The van der Waals surface area contributed by atoms with Gasteiger partial charge in [-0.1, -0.05) is 11.6 Å². The van der Waals surface area contributed by atoms with Crippen molar-refractivity contribution < 1.29 is 0 Å². The molecule has 0 aromatic heterocycles. The topological polar surface area (TPSA) is 27.0 Å². The molecule has 0 bridgehead atoms. The van der Waals surface area contributed by atoms with Gasteiger partial charge in [-0.15, -0.1) is 0 Å². The van der Waals surface area contributed by atoms with E-state index in [1.807, 2.05) is 20.9 Å². The Balaban J connectivity index is 3.88. The molecular formula is C9H15ClN2. The summed E-state index contributed by atoms with van der Waals surface area (Å²) in [6.45, 7) is 4.83. The third-order valence-corrected chi connectivity index (χ3v) is 2.20. The van der Waals surface area contributed by atoms with Gasteiger partial charge >= 0.3 is 0 Å². The summed E-state index contributed by atoms with van der Waals surface area (Å²) >= 11 is 5.52. The molecule has 0 N–H and O–H groups in total. The molecule has 0 aliphatic rings. The first-order valence-electron chi connectivity index (χ1n) is 3.94. The highest BCUT2D eigenvalue weighted by Gasteiger charge is 2.07. The molecule has 0 saturated carbocycles. The van der Waals surface area contributed by atoms with E-state index in [2.05, 4.69) is 11.0 Å². The van der Waals surface area contributed by atoms with Gasteiger partial charge in [0.2, 0.25) is 0 Å². The Bertz CT molecular complexity index is 193. The van der Waals surface area contributed by atoms with Crippen molar-refractivity contribution in [3.05, 3.63) is 11.1 Å². The molecule has 0 aromatic rings. The van der Waals surface area contributed by atoms with Crippen LogP contribution < -0.4 is 0 Å². The second kappa shape index (κ2) is 6.05. The van der Waals surface area contributed by atoms with Crippen LogP contribution in [-0.2, 0) is 0 Å². The van der Waals surface area contributed by atoms with Gasteiger partial charge < -0.3 is 0 Å². The molecule has 68 valence electrons. The normalized spacial score (nSPS) is 14.5. The lowest BCUT2D eigenvalue weighted by Crippen LogP contribution is -2.30. The summed E-state index contributed by atoms with van der Waals surface area (Å²) in [6.07, 6.45) is 0.562. The zero-order valence-electron chi connectivity index (χ0n) is 7.84. The highest BCUT2D eigenvalue weighted by Crippen LogP contribution is 2.04. The molecule has 1 atom stereocenters. The highest BCUT2D eigenvalue weighted by atomic mass is 35.5. The molecule has 1 unspecified atom stereocenters. The fourth-order valence-corrected chi connectivity index (χ4v) is 0.941. The summed E-state index contributed by atoms with van der Waals surface area (Å²) in [4.78, 5) is 2.11. The zero-order valence-corrected chi connectivity index (χ0v) is 8.60. The first-order valence-corrected chi connectivity index (χ1v) is 4.38. The molecule has 0 rings (SSSR count). The minimum Gasteiger partial charge on any atom is -0.299 e. The van der Waals surface area contributed by atoms with E-state index in [1.54, 1.807) is 5.54 Å². The summed E-state index contributed by atoms with van der Waals surface area (Å²) in [6, 6.07) is 2.44. The van der Waals surface area contributed by atoms with E-state index in [0.29, 0.717) is 12.5 Å². The molecular weight excluding hydrogens is 172 g/mol. The fourth-order valence-electron chi connectivity index (χ4n) is 0.872. The summed E-state index contributed by atoms with van der Waals surface area (Å²) in [5.41, 5.74) is 2.69. The number of halogens is 1. The predicted molar refractivity (Wildman–Crippen MR) is 51.9 cm³/mol. The molecule has 0 aromatic carbocycles. The quantitative estimate of drug-likeness (QED) is 0.674. The van der Waals surface area contributed by atoms with Crippen molar-refractivity contribution in [1.29, 1.82) is 5.26 Å². The van der Waals surface area contributed by atoms with Crippen molar-refractivity contribution >= 4 is 11.6 Å². The van der Waals surface area contributed by atoms with Crippen LogP contribution in [0.25, 0.3) is 0 Å². The number of likely N-dealkylation sites (N-methyl/N-ethyl adjacent to an activating group) is 1. The monoisotopic (exact) mass is 186 g/mol. The second-order valence-corrected chi connectivity index (χ2v) is 3.30. The van der Waals surface area contributed by atoms with Crippen molar-refractivity contribution in [1.82, 2.24) is 4.90 Å². The third kappa shape index (κ3) is 4.38. The molecule has 0 fully saturated rings. The molecule has 2 nitrogen and oxygen atoms in total.